The molecular formula is C13H13N3O2. The van der Waals surface area contributed by atoms with Crippen LogP contribution in [0.15, 0.2) is 42.7 Å². The first-order valence-corrected chi connectivity index (χ1v) is 5.52. The molecule has 1 aromatic heterocycles. The minimum atomic E-state index is 0.291. The van der Waals surface area contributed by atoms with Gasteiger partial charge >= 0.3 is 0 Å². The van der Waals surface area contributed by atoms with Crippen LogP contribution in [0.2, 0.25) is 0 Å². The summed E-state index contributed by atoms with van der Waals surface area (Å²) in [5.41, 5.74) is 2.03. The Kier molecular flexibility index (Phi) is 4.24. The topological polar surface area (TPSA) is 64.1 Å². The van der Waals surface area contributed by atoms with E-state index >= 15 is 0 Å². The van der Waals surface area contributed by atoms with Gasteiger partial charge in [-0.05, 0) is 17.2 Å². The maximum absolute atomic E-state index is 10.1. The molecule has 0 unspecified atom stereocenters. The van der Waals surface area contributed by atoms with Gasteiger partial charge in [0.25, 0.3) is 6.47 Å². The zero-order valence-corrected chi connectivity index (χ0v) is 9.74. The molecule has 0 aliphatic heterocycles. The fourth-order valence-electron chi connectivity index (χ4n) is 1.53. The number of nitrogens with one attached hydrogen (secondary N) is 1. The van der Waals surface area contributed by atoms with Gasteiger partial charge in [0.15, 0.2) is 0 Å². The summed E-state index contributed by atoms with van der Waals surface area (Å²) in [5, 5.41) is 3.11. The molecule has 92 valence electrons. The zero-order chi connectivity index (χ0) is 12.6. The minimum absolute atomic E-state index is 0.291. The monoisotopic (exact) mass is 243 g/mol. The molecule has 2 rings (SSSR count). The molecule has 5 nitrogen and oxygen atoms in total. The summed E-state index contributed by atoms with van der Waals surface area (Å²) in [6.45, 7) is 1.36. The predicted octanol–water partition coefficient (Wildman–Crippen LogP) is 1.76. The van der Waals surface area contributed by atoms with Gasteiger partial charge in [-0.3, -0.25) is 4.79 Å². The number of aromatic nitrogens is 2. The van der Waals surface area contributed by atoms with E-state index in [1.807, 2.05) is 24.3 Å². The Morgan fingerprint density at radius 3 is 2.72 bits per heavy atom. The fourth-order valence-corrected chi connectivity index (χ4v) is 1.53. The van der Waals surface area contributed by atoms with Crippen molar-refractivity contribution in [1.29, 1.82) is 0 Å². The molecule has 18 heavy (non-hydrogen) atoms. The number of carbonyl (C=O) groups is 1. The maximum atomic E-state index is 10.1. The SMILES string of the molecule is O=COCc1cccc(CNc2ncccn2)c1. The van der Waals surface area contributed by atoms with Crippen LogP contribution in [0.5, 0.6) is 0 Å². The van der Waals surface area contributed by atoms with Crippen LogP contribution in [0.4, 0.5) is 5.95 Å². The largest absolute Gasteiger partial charge is 0.463 e. The number of hydrogen-bond acceptors (Lipinski definition) is 5. The van der Waals surface area contributed by atoms with E-state index in [0.717, 1.165) is 11.1 Å². The highest BCUT2D eigenvalue weighted by atomic mass is 16.5. The van der Waals surface area contributed by atoms with Gasteiger partial charge in [0.1, 0.15) is 6.61 Å². The number of ether oxygens (including phenoxy) is 1. The Morgan fingerprint density at radius 2 is 1.94 bits per heavy atom. The summed E-state index contributed by atoms with van der Waals surface area (Å²) < 4.78 is 4.71. The molecule has 0 aliphatic rings. The van der Waals surface area contributed by atoms with E-state index < -0.39 is 0 Å². The van der Waals surface area contributed by atoms with Gasteiger partial charge in [0.2, 0.25) is 5.95 Å². The van der Waals surface area contributed by atoms with Crippen LogP contribution in [-0.4, -0.2) is 16.4 Å². The molecule has 1 N–H and O–H groups in total. The van der Waals surface area contributed by atoms with Crippen molar-refractivity contribution in [2.45, 2.75) is 13.2 Å². The number of carbonyl (C=O) groups excluding carboxylic acids is 1. The van der Waals surface area contributed by atoms with Crippen molar-refractivity contribution < 1.29 is 9.53 Å². The average molecular weight is 243 g/mol. The normalized spacial score (nSPS) is 9.78. The summed E-state index contributed by atoms with van der Waals surface area (Å²) in [7, 11) is 0. The molecule has 1 heterocycles. The first-order chi connectivity index (χ1) is 8.88. The van der Waals surface area contributed by atoms with Gasteiger partial charge in [-0.2, -0.15) is 0 Å². The third-order valence-electron chi connectivity index (χ3n) is 2.33. The number of rotatable bonds is 6. The molecule has 0 aliphatic carbocycles. The Bertz CT molecular complexity index is 503. The molecular weight excluding hydrogens is 230 g/mol. The first-order valence-electron chi connectivity index (χ1n) is 5.52. The summed E-state index contributed by atoms with van der Waals surface area (Å²) in [6, 6.07) is 9.56. The molecule has 1 aromatic carbocycles. The molecule has 0 atom stereocenters. The molecule has 0 radical (unpaired) electrons. The quantitative estimate of drug-likeness (QED) is 0.783. The fraction of sp³-hybridized carbons (Fsp3) is 0.154. The lowest BCUT2D eigenvalue weighted by Gasteiger charge is -2.06. The van der Waals surface area contributed by atoms with E-state index in [2.05, 4.69) is 15.3 Å². The van der Waals surface area contributed by atoms with Gasteiger partial charge in [-0.15, -0.1) is 0 Å². The van der Waals surface area contributed by atoms with Crippen molar-refractivity contribution in [2.75, 3.05) is 5.32 Å². The van der Waals surface area contributed by atoms with Crippen molar-refractivity contribution in [1.82, 2.24) is 9.97 Å². The maximum Gasteiger partial charge on any atom is 0.293 e. The van der Waals surface area contributed by atoms with E-state index in [0.29, 0.717) is 25.6 Å². The molecule has 0 amide bonds. The first kappa shape index (κ1) is 12.0. The van der Waals surface area contributed by atoms with E-state index in [1.165, 1.54) is 0 Å². The molecule has 0 bridgehead atoms. The van der Waals surface area contributed by atoms with Gasteiger partial charge in [0.05, 0.1) is 0 Å². The molecule has 0 saturated heterocycles. The summed E-state index contributed by atoms with van der Waals surface area (Å²) in [6.07, 6.45) is 3.37. The standard InChI is InChI=1S/C13H13N3O2/c17-10-18-9-12-4-1-3-11(7-12)8-16-13-14-5-2-6-15-13/h1-7,10H,8-9H2,(H,14,15,16). The number of hydrogen-bond donors (Lipinski definition) is 1. The summed E-state index contributed by atoms with van der Waals surface area (Å²) >= 11 is 0. The second-order valence-electron chi connectivity index (χ2n) is 3.65. The van der Waals surface area contributed by atoms with Crippen LogP contribution >= 0.6 is 0 Å². The number of benzene rings is 1. The van der Waals surface area contributed by atoms with Crippen LogP contribution in [0.25, 0.3) is 0 Å². The summed E-state index contributed by atoms with van der Waals surface area (Å²) in [5.74, 6) is 0.590. The second-order valence-corrected chi connectivity index (χ2v) is 3.65. The molecule has 5 heteroatoms. The highest BCUT2D eigenvalue weighted by molar-refractivity contribution is 5.37. The number of anilines is 1. The van der Waals surface area contributed by atoms with E-state index in [4.69, 9.17) is 4.74 Å². The Hall–Kier alpha value is -2.43. The van der Waals surface area contributed by atoms with Gasteiger partial charge < -0.3 is 10.1 Å². The van der Waals surface area contributed by atoms with Gasteiger partial charge in [-0.1, -0.05) is 24.3 Å². The van der Waals surface area contributed by atoms with Crippen LogP contribution in [0.3, 0.4) is 0 Å². The van der Waals surface area contributed by atoms with Gasteiger partial charge in [-0.25, -0.2) is 9.97 Å². The minimum Gasteiger partial charge on any atom is -0.463 e. The lowest BCUT2D eigenvalue weighted by Crippen LogP contribution is -2.03. The Balaban J connectivity index is 1.95. The van der Waals surface area contributed by atoms with E-state index in [-0.39, 0.29) is 0 Å². The lowest BCUT2D eigenvalue weighted by molar-refractivity contribution is -0.129. The molecule has 2 aromatic rings. The van der Waals surface area contributed by atoms with Crippen LogP contribution < -0.4 is 5.32 Å². The lowest BCUT2D eigenvalue weighted by atomic mass is 10.1. The van der Waals surface area contributed by atoms with Crippen LogP contribution in [0.1, 0.15) is 11.1 Å². The molecule has 0 fully saturated rings. The Morgan fingerprint density at radius 1 is 1.17 bits per heavy atom. The highest BCUT2D eigenvalue weighted by Crippen LogP contribution is 2.08. The zero-order valence-electron chi connectivity index (χ0n) is 9.74. The van der Waals surface area contributed by atoms with Gasteiger partial charge in [0, 0.05) is 18.9 Å². The van der Waals surface area contributed by atoms with E-state index in [9.17, 15) is 4.79 Å². The van der Waals surface area contributed by atoms with Crippen molar-refractivity contribution in [3.8, 4) is 0 Å². The van der Waals surface area contributed by atoms with Crippen LogP contribution in [0, 0.1) is 0 Å². The van der Waals surface area contributed by atoms with Crippen molar-refractivity contribution >= 4 is 12.4 Å². The second kappa shape index (κ2) is 6.34. The third-order valence-corrected chi connectivity index (χ3v) is 2.33. The number of nitrogens with zero attached hydrogens (tertiary/aromatic N) is 2. The van der Waals surface area contributed by atoms with Crippen molar-refractivity contribution in [3.63, 3.8) is 0 Å². The third kappa shape index (κ3) is 3.55. The summed E-state index contributed by atoms with van der Waals surface area (Å²) in [4.78, 5) is 18.3. The Labute approximate surface area is 105 Å². The smallest absolute Gasteiger partial charge is 0.293 e. The van der Waals surface area contributed by atoms with Crippen molar-refractivity contribution in [3.05, 3.63) is 53.9 Å². The van der Waals surface area contributed by atoms with Crippen molar-refractivity contribution in [2.24, 2.45) is 0 Å². The van der Waals surface area contributed by atoms with E-state index in [1.54, 1.807) is 18.5 Å². The highest BCUT2D eigenvalue weighted by Gasteiger charge is 1.98. The average Bonchev–Trinajstić information content (AvgIpc) is 2.44. The predicted molar refractivity (Wildman–Crippen MR) is 66.7 cm³/mol. The molecule has 0 saturated carbocycles. The van der Waals surface area contributed by atoms with Crippen LogP contribution in [-0.2, 0) is 22.7 Å². The molecule has 0 spiro atoms.